The van der Waals surface area contributed by atoms with E-state index >= 15 is 0 Å². The number of rotatable bonds is 3. The molecular weight excluding hydrogens is 288 g/mol. The van der Waals surface area contributed by atoms with E-state index in [1.54, 1.807) is 12.1 Å². The number of hydrogen-bond acceptors (Lipinski definition) is 4. The molecule has 0 radical (unpaired) electrons. The number of ether oxygens (including phenoxy) is 2. The average molecular weight is 301 g/mol. The predicted octanol–water partition coefficient (Wildman–Crippen LogP) is 4.05. The van der Waals surface area contributed by atoms with Gasteiger partial charge in [-0.05, 0) is 36.8 Å². The maximum Gasteiger partial charge on any atom is 0.231 e. The summed E-state index contributed by atoms with van der Waals surface area (Å²) in [5.41, 5.74) is 2.79. The lowest BCUT2D eigenvalue weighted by Gasteiger charge is -2.14. The van der Waals surface area contributed by atoms with Crippen molar-refractivity contribution in [3.8, 4) is 17.6 Å². The summed E-state index contributed by atoms with van der Waals surface area (Å²) in [6.07, 6.45) is 0. The van der Waals surface area contributed by atoms with E-state index in [0.29, 0.717) is 16.5 Å². The summed E-state index contributed by atoms with van der Waals surface area (Å²) in [5.74, 6) is 1.11. The number of nitriles is 1. The summed E-state index contributed by atoms with van der Waals surface area (Å²) in [7, 11) is 0. The van der Waals surface area contributed by atoms with E-state index in [-0.39, 0.29) is 6.79 Å². The molecule has 1 aliphatic rings. The molecule has 3 rings (SSSR count). The minimum atomic E-state index is -0.514. The van der Waals surface area contributed by atoms with Gasteiger partial charge in [-0.25, -0.2) is 0 Å². The van der Waals surface area contributed by atoms with Gasteiger partial charge in [-0.3, -0.25) is 0 Å². The second-order valence-electron chi connectivity index (χ2n) is 4.81. The van der Waals surface area contributed by atoms with Crippen LogP contribution in [0.3, 0.4) is 0 Å². The molecule has 2 aromatic carbocycles. The minimum Gasteiger partial charge on any atom is -0.454 e. The van der Waals surface area contributed by atoms with Gasteiger partial charge in [0.15, 0.2) is 11.5 Å². The Morgan fingerprint density at radius 3 is 2.71 bits per heavy atom. The van der Waals surface area contributed by atoms with E-state index in [1.807, 2.05) is 31.2 Å². The maximum absolute atomic E-state index is 9.41. The topological polar surface area (TPSA) is 54.3 Å². The molecule has 2 aromatic rings. The van der Waals surface area contributed by atoms with Gasteiger partial charge in [0, 0.05) is 5.69 Å². The zero-order chi connectivity index (χ0) is 14.8. The van der Waals surface area contributed by atoms with E-state index in [1.165, 1.54) is 5.56 Å². The molecule has 0 saturated heterocycles. The van der Waals surface area contributed by atoms with Crippen LogP contribution in [-0.4, -0.2) is 6.79 Å². The second kappa shape index (κ2) is 5.55. The Morgan fingerprint density at radius 2 is 2.00 bits per heavy atom. The van der Waals surface area contributed by atoms with Crippen LogP contribution < -0.4 is 14.8 Å². The Hall–Kier alpha value is -2.38. The monoisotopic (exact) mass is 300 g/mol. The van der Waals surface area contributed by atoms with E-state index < -0.39 is 6.04 Å². The molecule has 0 saturated carbocycles. The number of benzene rings is 2. The first-order chi connectivity index (χ1) is 10.2. The number of aryl methyl sites for hydroxylation is 1. The number of nitrogens with one attached hydrogen (secondary N) is 1. The summed E-state index contributed by atoms with van der Waals surface area (Å²) >= 11 is 6.16. The van der Waals surface area contributed by atoms with Crippen molar-refractivity contribution in [1.29, 1.82) is 5.26 Å². The lowest BCUT2D eigenvalue weighted by molar-refractivity contribution is 0.174. The molecule has 0 bridgehead atoms. The van der Waals surface area contributed by atoms with Crippen LogP contribution in [0.1, 0.15) is 17.2 Å². The van der Waals surface area contributed by atoms with Crippen molar-refractivity contribution in [1.82, 2.24) is 0 Å². The Balaban J connectivity index is 1.88. The highest BCUT2D eigenvalue weighted by molar-refractivity contribution is 6.32. The van der Waals surface area contributed by atoms with E-state index in [9.17, 15) is 5.26 Å². The highest BCUT2D eigenvalue weighted by Crippen LogP contribution is 2.41. The first kappa shape index (κ1) is 13.6. The first-order valence-corrected chi connectivity index (χ1v) is 6.87. The Labute approximate surface area is 127 Å². The standard InChI is InChI=1S/C16H13ClN2O2/c1-10-2-4-12(5-3-10)19-14(8-18)11-6-13(17)16-15(7-11)20-9-21-16/h2-7,14,19H,9H2,1H3. The Bertz CT molecular complexity index is 707. The zero-order valence-corrected chi connectivity index (χ0v) is 12.1. The maximum atomic E-state index is 9.41. The van der Waals surface area contributed by atoms with Crippen LogP contribution in [0.15, 0.2) is 36.4 Å². The number of nitrogens with zero attached hydrogens (tertiary/aromatic N) is 1. The number of fused-ring (bicyclic) bond motifs is 1. The summed E-state index contributed by atoms with van der Waals surface area (Å²) in [5, 5.41) is 13.0. The molecule has 5 heteroatoms. The van der Waals surface area contributed by atoms with Crippen LogP contribution in [-0.2, 0) is 0 Å². The van der Waals surface area contributed by atoms with Crippen LogP contribution in [0.2, 0.25) is 5.02 Å². The average Bonchev–Trinajstić information content (AvgIpc) is 2.95. The van der Waals surface area contributed by atoms with Crippen LogP contribution in [0.25, 0.3) is 0 Å². The van der Waals surface area contributed by atoms with Crippen LogP contribution in [0.4, 0.5) is 5.69 Å². The van der Waals surface area contributed by atoms with Crippen LogP contribution >= 0.6 is 11.6 Å². The van der Waals surface area contributed by atoms with E-state index in [2.05, 4.69) is 11.4 Å². The summed E-state index contributed by atoms with van der Waals surface area (Å²) in [6, 6.07) is 13.1. The normalized spacial score (nSPS) is 13.6. The first-order valence-electron chi connectivity index (χ1n) is 6.49. The molecule has 0 amide bonds. The van der Waals surface area contributed by atoms with Crippen molar-refractivity contribution in [2.45, 2.75) is 13.0 Å². The fourth-order valence-corrected chi connectivity index (χ4v) is 2.43. The van der Waals surface area contributed by atoms with Crippen molar-refractivity contribution < 1.29 is 9.47 Å². The third-order valence-corrected chi connectivity index (χ3v) is 3.56. The highest BCUT2D eigenvalue weighted by Gasteiger charge is 2.21. The number of halogens is 1. The SMILES string of the molecule is Cc1ccc(NC(C#N)c2cc(Cl)c3c(c2)OCO3)cc1. The molecule has 106 valence electrons. The molecular formula is C16H13ClN2O2. The second-order valence-corrected chi connectivity index (χ2v) is 5.22. The van der Waals surface area contributed by atoms with Crippen LogP contribution in [0.5, 0.6) is 11.5 Å². The van der Waals surface area contributed by atoms with Gasteiger partial charge in [0.05, 0.1) is 11.1 Å². The van der Waals surface area contributed by atoms with Crippen molar-refractivity contribution >= 4 is 17.3 Å². The molecule has 21 heavy (non-hydrogen) atoms. The van der Waals surface area contributed by atoms with Crippen molar-refractivity contribution in [2.75, 3.05) is 12.1 Å². The summed E-state index contributed by atoms with van der Waals surface area (Å²) in [4.78, 5) is 0. The van der Waals surface area contributed by atoms with Gasteiger partial charge in [0.1, 0.15) is 6.04 Å². The fraction of sp³-hybridized carbons (Fsp3) is 0.188. The largest absolute Gasteiger partial charge is 0.454 e. The zero-order valence-electron chi connectivity index (χ0n) is 11.4. The molecule has 0 aliphatic carbocycles. The molecule has 1 N–H and O–H groups in total. The smallest absolute Gasteiger partial charge is 0.231 e. The van der Waals surface area contributed by atoms with E-state index in [0.717, 1.165) is 11.3 Å². The molecule has 1 aliphatic heterocycles. The molecule has 0 fully saturated rings. The summed E-state index contributed by atoms with van der Waals surface area (Å²) in [6.45, 7) is 2.17. The van der Waals surface area contributed by atoms with Gasteiger partial charge in [-0.2, -0.15) is 5.26 Å². The predicted molar refractivity (Wildman–Crippen MR) is 80.7 cm³/mol. The molecule has 1 unspecified atom stereocenters. The Morgan fingerprint density at radius 1 is 1.24 bits per heavy atom. The lowest BCUT2D eigenvalue weighted by Crippen LogP contribution is -2.08. The van der Waals surface area contributed by atoms with Gasteiger partial charge in [-0.1, -0.05) is 29.3 Å². The van der Waals surface area contributed by atoms with Gasteiger partial charge in [0.25, 0.3) is 0 Å². The molecule has 1 heterocycles. The van der Waals surface area contributed by atoms with Crippen molar-refractivity contribution in [3.63, 3.8) is 0 Å². The molecule has 4 nitrogen and oxygen atoms in total. The minimum absolute atomic E-state index is 0.154. The Kier molecular flexibility index (Phi) is 3.59. The lowest BCUT2D eigenvalue weighted by atomic mass is 10.1. The quantitative estimate of drug-likeness (QED) is 0.929. The van der Waals surface area contributed by atoms with Crippen LogP contribution in [0, 0.1) is 18.3 Å². The van der Waals surface area contributed by atoms with Crippen molar-refractivity contribution in [3.05, 3.63) is 52.5 Å². The highest BCUT2D eigenvalue weighted by atomic mass is 35.5. The van der Waals surface area contributed by atoms with Gasteiger partial charge >= 0.3 is 0 Å². The summed E-state index contributed by atoms with van der Waals surface area (Å²) < 4.78 is 10.6. The molecule has 0 spiro atoms. The van der Waals surface area contributed by atoms with Gasteiger partial charge in [-0.15, -0.1) is 0 Å². The van der Waals surface area contributed by atoms with Gasteiger partial charge < -0.3 is 14.8 Å². The third kappa shape index (κ3) is 2.74. The molecule has 1 atom stereocenters. The number of hydrogen-bond donors (Lipinski definition) is 1. The molecule has 0 aromatic heterocycles. The fourth-order valence-electron chi connectivity index (χ4n) is 2.16. The number of anilines is 1. The van der Waals surface area contributed by atoms with Gasteiger partial charge in [0.2, 0.25) is 6.79 Å². The third-order valence-electron chi connectivity index (χ3n) is 3.27. The van der Waals surface area contributed by atoms with Crippen molar-refractivity contribution in [2.24, 2.45) is 0 Å². The van der Waals surface area contributed by atoms with E-state index in [4.69, 9.17) is 21.1 Å².